The van der Waals surface area contributed by atoms with Crippen LogP contribution in [0.3, 0.4) is 0 Å². The molecule has 0 aliphatic carbocycles. The van der Waals surface area contributed by atoms with E-state index in [2.05, 4.69) is 20.0 Å². The molecule has 0 saturated carbocycles. The molecule has 1 aliphatic rings. The molecule has 0 unspecified atom stereocenters. The van der Waals surface area contributed by atoms with Gasteiger partial charge in [-0.25, -0.2) is 0 Å². The molecule has 2 N–H and O–H groups in total. The highest BCUT2D eigenvalue weighted by Gasteiger charge is 2.36. The number of halogens is 3. The molecule has 0 spiro atoms. The lowest BCUT2D eigenvalue weighted by molar-refractivity contribution is -0.144. The third-order valence-corrected chi connectivity index (χ3v) is 3.37. The van der Waals surface area contributed by atoms with Crippen molar-refractivity contribution in [3.63, 3.8) is 0 Å². The lowest BCUT2D eigenvalue weighted by atomic mass is 10.1. The average Bonchev–Trinajstić information content (AvgIpc) is 2.85. The van der Waals surface area contributed by atoms with E-state index in [0.29, 0.717) is 24.7 Å². The lowest BCUT2D eigenvalue weighted by Crippen LogP contribution is -2.33. The van der Waals surface area contributed by atoms with Gasteiger partial charge in [-0.2, -0.15) is 22.5 Å². The van der Waals surface area contributed by atoms with Crippen molar-refractivity contribution in [2.24, 2.45) is 0 Å². The molecule has 108 valence electrons. The van der Waals surface area contributed by atoms with Crippen molar-refractivity contribution in [3.05, 3.63) is 5.82 Å². The van der Waals surface area contributed by atoms with Crippen molar-refractivity contribution >= 4 is 16.7 Å². The molecule has 2 heterocycles. The number of piperidine rings is 1. The van der Waals surface area contributed by atoms with Gasteiger partial charge in [-0.15, -0.1) is 0 Å². The first-order valence-corrected chi connectivity index (χ1v) is 6.80. The Balaban J connectivity index is 1.66. The van der Waals surface area contributed by atoms with Crippen LogP contribution in [0.4, 0.5) is 18.3 Å². The predicted octanol–water partition coefficient (Wildman–Crippen LogP) is 1.74. The Hall–Kier alpha value is -0.930. The number of ether oxygens (including phenoxy) is 1. The summed E-state index contributed by atoms with van der Waals surface area (Å²) in [5.74, 6) is -1.10. The van der Waals surface area contributed by atoms with Crippen molar-refractivity contribution in [2.45, 2.75) is 25.1 Å². The van der Waals surface area contributed by atoms with E-state index in [-0.39, 0.29) is 11.2 Å². The molecular formula is C10H15F3N4OS. The Bertz CT molecular complexity index is 392. The smallest absolute Gasteiger partial charge is 0.376 e. The van der Waals surface area contributed by atoms with Gasteiger partial charge in [0, 0.05) is 18.1 Å². The van der Waals surface area contributed by atoms with Crippen molar-refractivity contribution in [1.29, 1.82) is 0 Å². The standard InChI is InChI=1S/C10H15F3N4OS/c11-10(12,13)8-16-9(19-17-8)15-5-6-18-7-1-3-14-4-2-7/h7,14H,1-6H2,(H,15,16,17). The maximum atomic E-state index is 12.3. The van der Waals surface area contributed by atoms with Crippen LogP contribution >= 0.6 is 11.5 Å². The van der Waals surface area contributed by atoms with Gasteiger partial charge in [0.25, 0.3) is 0 Å². The maximum Gasteiger partial charge on any atom is 0.452 e. The molecule has 1 saturated heterocycles. The molecule has 2 rings (SSSR count). The van der Waals surface area contributed by atoms with Crippen LogP contribution in [0, 0.1) is 0 Å². The topological polar surface area (TPSA) is 59.1 Å². The van der Waals surface area contributed by atoms with E-state index in [1.807, 2.05) is 0 Å². The molecule has 0 bridgehead atoms. The third-order valence-electron chi connectivity index (χ3n) is 2.70. The van der Waals surface area contributed by atoms with Crippen LogP contribution in [0.2, 0.25) is 0 Å². The molecule has 0 radical (unpaired) electrons. The number of nitrogens with zero attached hydrogens (tertiary/aromatic N) is 2. The maximum absolute atomic E-state index is 12.3. The van der Waals surface area contributed by atoms with Gasteiger partial charge in [0.2, 0.25) is 11.0 Å². The summed E-state index contributed by atoms with van der Waals surface area (Å²) in [7, 11) is 0. The number of hydrogen-bond donors (Lipinski definition) is 2. The van der Waals surface area contributed by atoms with E-state index in [0.717, 1.165) is 25.9 Å². The van der Waals surface area contributed by atoms with Gasteiger partial charge < -0.3 is 15.4 Å². The molecule has 0 aromatic carbocycles. The Morgan fingerprint density at radius 2 is 2.11 bits per heavy atom. The molecule has 1 aromatic heterocycles. The normalized spacial score (nSPS) is 17.6. The second-order valence-corrected chi connectivity index (χ2v) is 4.92. The van der Waals surface area contributed by atoms with Crippen LogP contribution in [-0.2, 0) is 10.9 Å². The molecule has 5 nitrogen and oxygen atoms in total. The Morgan fingerprint density at radius 3 is 2.74 bits per heavy atom. The molecular weight excluding hydrogens is 281 g/mol. The SMILES string of the molecule is FC(F)(F)c1nsc(NCCOC2CCNCC2)n1. The summed E-state index contributed by atoms with van der Waals surface area (Å²) in [6.07, 6.45) is -2.31. The molecule has 1 fully saturated rings. The largest absolute Gasteiger partial charge is 0.452 e. The first-order chi connectivity index (χ1) is 9.05. The summed E-state index contributed by atoms with van der Waals surface area (Å²) in [5, 5.41) is 6.18. The summed E-state index contributed by atoms with van der Waals surface area (Å²) < 4.78 is 45.6. The first-order valence-electron chi connectivity index (χ1n) is 6.03. The zero-order chi connectivity index (χ0) is 13.7. The zero-order valence-electron chi connectivity index (χ0n) is 10.2. The van der Waals surface area contributed by atoms with E-state index in [9.17, 15) is 13.2 Å². The Labute approximate surface area is 112 Å². The van der Waals surface area contributed by atoms with E-state index in [1.54, 1.807) is 0 Å². The third kappa shape index (κ3) is 4.59. The number of aromatic nitrogens is 2. The van der Waals surface area contributed by atoms with E-state index in [1.165, 1.54) is 0 Å². The fourth-order valence-corrected chi connectivity index (χ4v) is 2.37. The fraction of sp³-hybridized carbons (Fsp3) is 0.800. The Kier molecular flexibility index (Phi) is 4.94. The molecule has 1 aromatic rings. The van der Waals surface area contributed by atoms with Crippen molar-refractivity contribution < 1.29 is 17.9 Å². The number of rotatable bonds is 5. The quantitative estimate of drug-likeness (QED) is 0.811. The van der Waals surface area contributed by atoms with E-state index in [4.69, 9.17) is 4.74 Å². The molecule has 1 aliphatic heterocycles. The zero-order valence-corrected chi connectivity index (χ0v) is 11.0. The van der Waals surface area contributed by atoms with Crippen LogP contribution in [-0.4, -0.2) is 41.7 Å². The van der Waals surface area contributed by atoms with Crippen LogP contribution in [0.25, 0.3) is 0 Å². The highest BCUT2D eigenvalue weighted by Crippen LogP contribution is 2.28. The van der Waals surface area contributed by atoms with Crippen LogP contribution in [0.15, 0.2) is 0 Å². The number of anilines is 1. The average molecular weight is 296 g/mol. The van der Waals surface area contributed by atoms with Gasteiger partial charge >= 0.3 is 6.18 Å². The van der Waals surface area contributed by atoms with Crippen molar-refractivity contribution in [2.75, 3.05) is 31.6 Å². The van der Waals surface area contributed by atoms with Crippen LogP contribution in [0.1, 0.15) is 18.7 Å². The summed E-state index contributed by atoms with van der Waals surface area (Å²) in [4.78, 5) is 3.37. The van der Waals surface area contributed by atoms with Gasteiger partial charge in [0.05, 0.1) is 12.7 Å². The van der Waals surface area contributed by atoms with Gasteiger partial charge in [-0.1, -0.05) is 0 Å². The minimum Gasteiger partial charge on any atom is -0.376 e. The molecule has 0 atom stereocenters. The van der Waals surface area contributed by atoms with Crippen molar-refractivity contribution in [3.8, 4) is 0 Å². The summed E-state index contributed by atoms with van der Waals surface area (Å²) >= 11 is 0.705. The first kappa shape index (κ1) is 14.5. The number of hydrogen-bond acceptors (Lipinski definition) is 6. The highest BCUT2D eigenvalue weighted by atomic mass is 32.1. The van der Waals surface area contributed by atoms with Gasteiger partial charge in [-0.05, 0) is 25.9 Å². The molecule has 9 heteroatoms. The van der Waals surface area contributed by atoms with Crippen LogP contribution in [0.5, 0.6) is 0 Å². The van der Waals surface area contributed by atoms with E-state index >= 15 is 0 Å². The van der Waals surface area contributed by atoms with Crippen LogP contribution < -0.4 is 10.6 Å². The second kappa shape index (κ2) is 6.49. The highest BCUT2D eigenvalue weighted by molar-refractivity contribution is 7.09. The summed E-state index contributed by atoms with van der Waals surface area (Å²) in [6.45, 7) is 2.77. The molecule has 19 heavy (non-hydrogen) atoms. The minimum atomic E-state index is -4.48. The monoisotopic (exact) mass is 296 g/mol. The minimum absolute atomic E-state index is 0.168. The second-order valence-electron chi connectivity index (χ2n) is 4.17. The predicted molar refractivity (Wildman–Crippen MR) is 65.2 cm³/mol. The van der Waals surface area contributed by atoms with Gasteiger partial charge in [0.1, 0.15) is 0 Å². The summed E-state index contributed by atoms with van der Waals surface area (Å²) in [5.41, 5.74) is 0. The van der Waals surface area contributed by atoms with Gasteiger partial charge in [-0.3, -0.25) is 0 Å². The Morgan fingerprint density at radius 1 is 1.37 bits per heavy atom. The van der Waals surface area contributed by atoms with Crippen molar-refractivity contribution in [1.82, 2.24) is 14.7 Å². The lowest BCUT2D eigenvalue weighted by Gasteiger charge is -2.22. The number of nitrogens with one attached hydrogen (secondary N) is 2. The molecule has 0 amide bonds. The van der Waals surface area contributed by atoms with E-state index < -0.39 is 12.0 Å². The van der Waals surface area contributed by atoms with Gasteiger partial charge in [0.15, 0.2) is 0 Å². The number of alkyl halides is 3. The fourth-order valence-electron chi connectivity index (χ4n) is 1.76. The summed E-state index contributed by atoms with van der Waals surface area (Å²) in [6, 6.07) is 0.